The van der Waals surface area contributed by atoms with Crippen molar-refractivity contribution in [2.75, 3.05) is 5.73 Å². The molecule has 2 atom stereocenters. The molecule has 3 N–H and O–H groups in total. The van der Waals surface area contributed by atoms with Gasteiger partial charge in [0, 0.05) is 48.1 Å². The summed E-state index contributed by atoms with van der Waals surface area (Å²) in [5.41, 5.74) is 9.24. The van der Waals surface area contributed by atoms with Crippen molar-refractivity contribution in [2.45, 2.75) is 57.6 Å². The highest BCUT2D eigenvalue weighted by Crippen LogP contribution is 2.35. The molecule has 1 aliphatic carbocycles. The van der Waals surface area contributed by atoms with E-state index in [2.05, 4.69) is 15.5 Å². The van der Waals surface area contributed by atoms with Gasteiger partial charge in [-0.15, -0.1) is 0 Å². The largest absolute Gasteiger partial charge is 0.444 e. The normalized spacial score (nSPS) is 19.6. The summed E-state index contributed by atoms with van der Waals surface area (Å²) >= 11 is 0. The summed E-state index contributed by atoms with van der Waals surface area (Å²) in [6.45, 7) is 5.58. The summed E-state index contributed by atoms with van der Waals surface area (Å²) in [7, 11) is 1.87. The van der Waals surface area contributed by atoms with Crippen LogP contribution in [0.15, 0.2) is 24.7 Å². The molecule has 1 fully saturated rings. The number of aromatic nitrogens is 5. The lowest BCUT2D eigenvalue weighted by atomic mass is 10.0. The second-order valence-electron chi connectivity index (χ2n) is 8.66. The number of nitrogens with one attached hydrogen (secondary N) is 1. The Kier molecular flexibility index (Phi) is 4.68. The average molecular weight is 397 g/mol. The first-order valence-electron chi connectivity index (χ1n) is 9.82. The first-order chi connectivity index (χ1) is 13.7. The predicted octanol–water partition coefficient (Wildman–Crippen LogP) is 2.87. The molecule has 0 aromatic carbocycles. The fourth-order valence-electron chi connectivity index (χ4n) is 3.83. The van der Waals surface area contributed by atoms with Crippen molar-refractivity contribution >= 4 is 17.6 Å². The van der Waals surface area contributed by atoms with Crippen LogP contribution in [0.1, 0.15) is 51.6 Å². The Morgan fingerprint density at radius 2 is 2.07 bits per heavy atom. The van der Waals surface area contributed by atoms with Crippen molar-refractivity contribution in [3.63, 3.8) is 0 Å². The van der Waals surface area contributed by atoms with Crippen LogP contribution in [-0.2, 0) is 11.8 Å². The van der Waals surface area contributed by atoms with Gasteiger partial charge in [0.2, 0.25) is 0 Å². The number of alkyl carbamates (subject to hydrolysis) is 1. The van der Waals surface area contributed by atoms with Crippen LogP contribution in [0.5, 0.6) is 0 Å². The molecule has 0 unspecified atom stereocenters. The number of aryl methyl sites for hydroxylation is 1. The van der Waals surface area contributed by atoms with Crippen molar-refractivity contribution in [2.24, 2.45) is 7.05 Å². The van der Waals surface area contributed by atoms with E-state index >= 15 is 0 Å². The van der Waals surface area contributed by atoms with Gasteiger partial charge in [0.25, 0.3) is 0 Å². The van der Waals surface area contributed by atoms with Crippen molar-refractivity contribution < 1.29 is 9.53 Å². The van der Waals surface area contributed by atoms with Crippen LogP contribution in [-0.4, -0.2) is 42.1 Å². The van der Waals surface area contributed by atoms with Gasteiger partial charge < -0.3 is 15.8 Å². The maximum atomic E-state index is 12.1. The SMILES string of the molecule is Cn1cc(-c2cnn3c(N)cc([C@@H]4CC[C@@H](NC(=O)OC(C)(C)C)C4)nc23)cn1. The standard InChI is InChI=1S/C20H27N7O2/c1-20(2,3)29-19(28)24-14-6-5-12(7-14)16-8-17(21)27-18(25-16)15(10-23-27)13-9-22-26(4)11-13/h8-12,14H,5-7,21H2,1-4H3,(H,24,28)/t12-,14-/m1/s1. The second-order valence-corrected chi connectivity index (χ2v) is 8.66. The number of ether oxygens (including phenoxy) is 1. The highest BCUT2D eigenvalue weighted by Gasteiger charge is 2.30. The van der Waals surface area contributed by atoms with Crippen LogP contribution >= 0.6 is 0 Å². The molecule has 1 aliphatic rings. The molecule has 0 spiro atoms. The molecule has 0 aliphatic heterocycles. The highest BCUT2D eigenvalue weighted by atomic mass is 16.6. The molecule has 9 heteroatoms. The van der Waals surface area contributed by atoms with E-state index in [4.69, 9.17) is 15.5 Å². The van der Waals surface area contributed by atoms with Crippen LogP contribution < -0.4 is 11.1 Å². The Morgan fingerprint density at radius 3 is 2.76 bits per heavy atom. The molecule has 154 valence electrons. The minimum Gasteiger partial charge on any atom is -0.444 e. The number of rotatable bonds is 3. The Labute approximate surface area is 169 Å². The average Bonchev–Trinajstić information content (AvgIpc) is 3.32. The Hall–Kier alpha value is -3.10. The summed E-state index contributed by atoms with van der Waals surface area (Å²) in [6.07, 6.45) is 7.72. The minimum absolute atomic E-state index is 0.0665. The van der Waals surface area contributed by atoms with Gasteiger partial charge >= 0.3 is 6.09 Å². The van der Waals surface area contributed by atoms with E-state index in [0.29, 0.717) is 5.82 Å². The predicted molar refractivity (Wildman–Crippen MR) is 109 cm³/mol. The van der Waals surface area contributed by atoms with Crippen LogP contribution in [0.2, 0.25) is 0 Å². The van der Waals surface area contributed by atoms with Gasteiger partial charge in [-0.1, -0.05) is 0 Å². The van der Waals surface area contributed by atoms with E-state index in [1.165, 1.54) is 0 Å². The van der Waals surface area contributed by atoms with Crippen molar-refractivity contribution in [3.8, 4) is 11.1 Å². The van der Waals surface area contributed by atoms with Gasteiger partial charge in [-0.05, 0) is 40.0 Å². The first-order valence-corrected chi connectivity index (χ1v) is 9.82. The zero-order valence-corrected chi connectivity index (χ0v) is 17.2. The number of carbonyl (C=O) groups is 1. The van der Waals surface area contributed by atoms with E-state index in [0.717, 1.165) is 41.7 Å². The second kappa shape index (κ2) is 7.06. The van der Waals surface area contributed by atoms with Crippen LogP contribution in [0.25, 0.3) is 16.8 Å². The number of hydrogen-bond donors (Lipinski definition) is 2. The van der Waals surface area contributed by atoms with E-state index in [9.17, 15) is 4.79 Å². The molecule has 0 saturated heterocycles. The van der Waals surface area contributed by atoms with Crippen molar-refractivity contribution in [3.05, 3.63) is 30.4 Å². The van der Waals surface area contributed by atoms with Crippen LogP contribution in [0.4, 0.5) is 10.6 Å². The van der Waals surface area contributed by atoms with E-state index in [1.54, 1.807) is 21.6 Å². The molecule has 4 rings (SSSR count). The van der Waals surface area contributed by atoms with Crippen molar-refractivity contribution in [1.29, 1.82) is 0 Å². The smallest absolute Gasteiger partial charge is 0.407 e. The molecular weight excluding hydrogens is 370 g/mol. The van der Waals surface area contributed by atoms with Gasteiger partial charge in [0.1, 0.15) is 11.4 Å². The number of carbonyl (C=O) groups excluding carboxylic acids is 1. The number of nitrogens with zero attached hydrogens (tertiary/aromatic N) is 5. The zero-order valence-electron chi connectivity index (χ0n) is 17.2. The molecule has 29 heavy (non-hydrogen) atoms. The van der Waals surface area contributed by atoms with Gasteiger partial charge in [-0.2, -0.15) is 14.7 Å². The Morgan fingerprint density at radius 1 is 1.28 bits per heavy atom. The van der Waals surface area contributed by atoms with Gasteiger partial charge in [0.15, 0.2) is 5.65 Å². The molecule has 9 nitrogen and oxygen atoms in total. The van der Waals surface area contributed by atoms with Crippen LogP contribution in [0.3, 0.4) is 0 Å². The number of fused-ring (bicyclic) bond motifs is 1. The molecule has 3 aromatic rings. The quantitative estimate of drug-likeness (QED) is 0.703. The minimum atomic E-state index is -0.506. The van der Waals surface area contributed by atoms with Gasteiger partial charge in [0.05, 0.1) is 12.4 Å². The summed E-state index contributed by atoms with van der Waals surface area (Å²) in [5, 5.41) is 11.6. The van der Waals surface area contributed by atoms with Crippen molar-refractivity contribution in [1.82, 2.24) is 29.7 Å². The third-order valence-corrected chi connectivity index (χ3v) is 5.11. The number of hydrogen-bond acceptors (Lipinski definition) is 6. The van der Waals surface area contributed by atoms with E-state index in [-0.39, 0.29) is 18.1 Å². The third-order valence-electron chi connectivity index (χ3n) is 5.11. The topological polar surface area (TPSA) is 112 Å². The number of anilines is 1. The molecule has 0 radical (unpaired) electrons. The number of amides is 1. The zero-order chi connectivity index (χ0) is 20.8. The fraction of sp³-hybridized carbons (Fsp3) is 0.500. The summed E-state index contributed by atoms with van der Waals surface area (Å²) < 4.78 is 8.76. The summed E-state index contributed by atoms with van der Waals surface area (Å²) in [5.74, 6) is 0.766. The lowest BCUT2D eigenvalue weighted by Crippen LogP contribution is -2.37. The first kappa shape index (κ1) is 19.2. The Bertz CT molecular complexity index is 1050. The van der Waals surface area contributed by atoms with E-state index < -0.39 is 5.60 Å². The maximum absolute atomic E-state index is 12.1. The molecule has 3 aromatic heterocycles. The molecule has 1 amide bonds. The fourth-order valence-corrected chi connectivity index (χ4v) is 3.83. The van der Waals surface area contributed by atoms with E-state index in [1.807, 2.05) is 40.1 Å². The summed E-state index contributed by atoms with van der Waals surface area (Å²) in [4.78, 5) is 16.9. The van der Waals surface area contributed by atoms with Gasteiger partial charge in [-0.25, -0.2) is 9.78 Å². The molecule has 1 saturated carbocycles. The Balaban J connectivity index is 1.55. The number of nitrogen functional groups attached to an aromatic ring is 1. The van der Waals surface area contributed by atoms with Crippen LogP contribution in [0, 0.1) is 0 Å². The molecule has 3 heterocycles. The monoisotopic (exact) mass is 397 g/mol. The van der Waals surface area contributed by atoms with Gasteiger partial charge in [-0.3, -0.25) is 4.68 Å². The lowest BCUT2D eigenvalue weighted by Gasteiger charge is -2.21. The third kappa shape index (κ3) is 4.03. The maximum Gasteiger partial charge on any atom is 0.407 e. The summed E-state index contributed by atoms with van der Waals surface area (Å²) in [6, 6.07) is 1.95. The molecule has 0 bridgehead atoms. The highest BCUT2D eigenvalue weighted by molar-refractivity contribution is 5.77. The number of nitrogens with two attached hydrogens (primary N) is 1. The lowest BCUT2D eigenvalue weighted by molar-refractivity contribution is 0.0505. The molecular formula is C20H27N7O2.